The van der Waals surface area contributed by atoms with Gasteiger partial charge in [-0.2, -0.15) is 0 Å². The van der Waals surface area contributed by atoms with Crippen molar-refractivity contribution in [3.63, 3.8) is 0 Å². The Balaban J connectivity index is 0.000000151. The summed E-state index contributed by atoms with van der Waals surface area (Å²) in [5, 5.41) is 0. The molecule has 78 valence electrons. The fraction of sp³-hybridized carbons (Fsp3) is 0.214. The minimum absolute atomic E-state index is 1.07. The summed E-state index contributed by atoms with van der Waals surface area (Å²) in [7, 11) is 0. The average Bonchev–Trinajstić information content (AvgIpc) is 2.19. The molecular formula is C14H17N. The second kappa shape index (κ2) is 5.97. The molecule has 1 aromatic carbocycles. The van der Waals surface area contributed by atoms with Crippen LogP contribution in [0.3, 0.4) is 0 Å². The molecule has 0 unspecified atom stereocenters. The van der Waals surface area contributed by atoms with Crippen LogP contribution in [-0.2, 0) is 0 Å². The van der Waals surface area contributed by atoms with Crippen molar-refractivity contribution in [3.8, 4) is 0 Å². The number of pyridine rings is 1. The summed E-state index contributed by atoms with van der Waals surface area (Å²) < 4.78 is 0. The smallest absolute Gasteiger partial charge is 0.0372 e. The SMILES string of the molecule is Cc1cccc(C)c1.Cc1ccccn1. The number of nitrogens with zero attached hydrogens (tertiary/aromatic N) is 1. The molecular weight excluding hydrogens is 182 g/mol. The molecule has 2 rings (SSSR count). The van der Waals surface area contributed by atoms with Gasteiger partial charge >= 0.3 is 0 Å². The summed E-state index contributed by atoms with van der Waals surface area (Å²) in [5.74, 6) is 0. The van der Waals surface area contributed by atoms with Gasteiger partial charge in [0.15, 0.2) is 0 Å². The van der Waals surface area contributed by atoms with Crippen molar-refractivity contribution >= 4 is 0 Å². The third-order valence-electron chi connectivity index (χ3n) is 1.99. The topological polar surface area (TPSA) is 12.9 Å². The number of benzene rings is 1. The van der Waals surface area contributed by atoms with Crippen LogP contribution in [-0.4, -0.2) is 4.98 Å². The molecule has 0 amide bonds. The van der Waals surface area contributed by atoms with Crippen LogP contribution < -0.4 is 0 Å². The van der Waals surface area contributed by atoms with Crippen LogP contribution in [0.2, 0.25) is 0 Å². The lowest BCUT2D eigenvalue weighted by molar-refractivity contribution is 1.20. The fourth-order valence-electron chi connectivity index (χ4n) is 1.26. The summed E-state index contributed by atoms with van der Waals surface area (Å²) in [6.45, 7) is 6.18. The number of rotatable bonds is 0. The highest BCUT2D eigenvalue weighted by molar-refractivity contribution is 5.20. The summed E-state index contributed by atoms with van der Waals surface area (Å²) in [6.07, 6.45) is 1.79. The van der Waals surface area contributed by atoms with E-state index in [0.717, 1.165) is 5.69 Å². The molecule has 0 aliphatic heterocycles. The molecule has 0 fully saturated rings. The number of hydrogen-bond donors (Lipinski definition) is 0. The van der Waals surface area contributed by atoms with Crippen molar-refractivity contribution < 1.29 is 0 Å². The predicted molar refractivity (Wildman–Crippen MR) is 64.9 cm³/mol. The molecule has 1 heteroatoms. The first-order valence-corrected chi connectivity index (χ1v) is 5.09. The quantitative estimate of drug-likeness (QED) is 0.630. The first kappa shape index (κ1) is 11.4. The molecule has 2 aromatic rings. The Morgan fingerprint density at radius 2 is 1.47 bits per heavy atom. The highest BCUT2D eigenvalue weighted by atomic mass is 14.6. The van der Waals surface area contributed by atoms with Crippen molar-refractivity contribution in [1.82, 2.24) is 4.98 Å². The Kier molecular flexibility index (Phi) is 4.55. The van der Waals surface area contributed by atoms with Crippen molar-refractivity contribution in [2.45, 2.75) is 20.8 Å². The van der Waals surface area contributed by atoms with Crippen molar-refractivity contribution in [3.05, 3.63) is 65.5 Å². The minimum atomic E-state index is 1.07. The maximum absolute atomic E-state index is 3.98. The lowest BCUT2D eigenvalue weighted by Crippen LogP contribution is -1.72. The predicted octanol–water partition coefficient (Wildman–Crippen LogP) is 3.69. The van der Waals surface area contributed by atoms with Crippen LogP contribution >= 0.6 is 0 Å². The van der Waals surface area contributed by atoms with Crippen molar-refractivity contribution in [1.29, 1.82) is 0 Å². The molecule has 1 nitrogen and oxygen atoms in total. The van der Waals surface area contributed by atoms with Crippen LogP contribution in [0.25, 0.3) is 0 Å². The Bertz CT molecular complexity index is 376. The second-order valence-corrected chi connectivity index (χ2v) is 3.63. The Hall–Kier alpha value is -1.63. The molecule has 1 heterocycles. The lowest BCUT2D eigenvalue weighted by Gasteiger charge is -1.90. The van der Waals surface area contributed by atoms with E-state index in [4.69, 9.17) is 0 Å². The summed E-state index contributed by atoms with van der Waals surface area (Å²) >= 11 is 0. The number of aryl methyl sites for hydroxylation is 3. The van der Waals surface area contributed by atoms with Gasteiger partial charge in [-0.15, -0.1) is 0 Å². The van der Waals surface area contributed by atoms with Crippen molar-refractivity contribution in [2.75, 3.05) is 0 Å². The van der Waals surface area contributed by atoms with Gasteiger partial charge in [-0.1, -0.05) is 41.5 Å². The zero-order chi connectivity index (χ0) is 11.1. The molecule has 0 radical (unpaired) electrons. The van der Waals surface area contributed by atoms with E-state index in [1.807, 2.05) is 25.1 Å². The Morgan fingerprint density at radius 3 is 1.73 bits per heavy atom. The van der Waals surface area contributed by atoms with Crippen LogP contribution in [0.4, 0.5) is 0 Å². The van der Waals surface area contributed by atoms with E-state index in [0.29, 0.717) is 0 Å². The molecule has 0 spiro atoms. The van der Waals surface area contributed by atoms with Crippen LogP contribution in [0.1, 0.15) is 16.8 Å². The molecule has 0 saturated heterocycles. The van der Waals surface area contributed by atoms with Crippen LogP contribution in [0.15, 0.2) is 48.7 Å². The number of aromatic nitrogens is 1. The fourth-order valence-corrected chi connectivity index (χ4v) is 1.26. The second-order valence-electron chi connectivity index (χ2n) is 3.63. The molecule has 0 N–H and O–H groups in total. The van der Waals surface area contributed by atoms with Crippen LogP contribution in [0.5, 0.6) is 0 Å². The van der Waals surface area contributed by atoms with Crippen LogP contribution in [0, 0.1) is 20.8 Å². The highest BCUT2D eigenvalue weighted by Crippen LogP contribution is 2.00. The first-order chi connectivity index (χ1) is 7.18. The zero-order valence-corrected chi connectivity index (χ0v) is 9.57. The summed E-state index contributed by atoms with van der Waals surface area (Å²) in [4.78, 5) is 3.98. The Morgan fingerprint density at radius 1 is 0.800 bits per heavy atom. The summed E-state index contributed by atoms with van der Waals surface area (Å²) in [6, 6.07) is 14.3. The van der Waals surface area contributed by atoms with Gasteiger partial charge in [0, 0.05) is 11.9 Å². The van der Waals surface area contributed by atoms with E-state index in [-0.39, 0.29) is 0 Å². The van der Waals surface area contributed by atoms with Gasteiger partial charge in [-0.25, -0.2) is 0 Å². The van der Waals surface area contributed by atoms with Crippen molar-refractivity contribution in [2.24, 2.45) is 0 Å². The normalized spacial score (nSPS) is 9.00. The van der Waals surface area contributed by atoms with Gasteiger partial charge in [-0.3, -0.25) is 4.98 Å². The van der Waals surface area contributed by atoms with Gasteiger partial charge in [0.25, 0.3) is 0 Å². The molecule has 0 aliphatic rings. The molecule has 0 aliphatic carbocycles. The molecule has 1 aromatic heterocycles. The molecule has 0 bridgehead atoms. The van der Waals surface area contributed by atoms with Gasteiger partial charge in [0.05, 0.1) is 0 Å². The minimum Gasteiger partial charge on any atom is -0.262 e. The van der Waals surface area contributed by atoms with E-state index in [1.54, 1.807) is 6.20 Å². The molecule has 15 heavy (non-hydrogen) atoms. The van der Waals surface area contributed by atoms with E-state index in [1.165, 1.54) is 11.1 Å². The van der Waals surface area contributed by atoms with Gasteiger partial charge in [-0.05, 0) is 32.9 Å². The standard InChI is InChI=1S/C8H10.C6H7N/c1-7-4-3-5-8(2)6-7;1-6-4-2-3-5-7-6/h3-6H,1-2H3;2-5H,1H3. The first-order valence-electron chi connectivity index (χ1n) is 5.09. The zero-order valence-electron chi connectivity index (χ0n) is 9.57. The van der Waals surface area contributed by atoms with E-state index >= 15 is 0 Å². The Labute approximate surface area is 91.8 Å². The molecule has 0 saturated carbocycles. The lowest BCUT2D eigenvalue weighted by atomic mass is 10.2. The highest BCUT2D eigenvalue weighted by Gasteiger charge is 1.80. The number of hydrogen-bond acceptors (Lipinski definition) is 1. The van der Waals surface area contributed by atoms with Gasteiger partial charge < -0.3 is 0 Å². The maximum Gasteiger partial charge on any atom is 0.0372 e. The van der Waals surface area contributed by atoms with E-state index in [9.17, 15) is 0 Å². The summed E-state index contributed by atoms with van der Waals surface area (Å²) in [5.41, 5.74) is 3.75. The third-order valence-corrected chi connectivity index (χ3v) is 1.99. The van der Waals surface area contributed by atoms with E-state index in [2.05, 4.69) is 43.1 Å². The maximum atomic E-state index is 3.98. The third kappa shape index (κ3) is 4.96. The average molecular weight is 199 g/mol. The van der Waals surface area contributed by atoms with Gasteiger partial charge in [0.1, 0.15) is 0 Å². The monoisotopic (exact) mass is 199 g/mol. The molecule has 0 atom stereocenters. The van der Waals surface area contributed by atoms with Gasteiger partial charge in [0.2, 0.25) is 0 Å². The van der Waals surface area contributed by atoms with E-state index < -0.39 is 0 Å². The largest absolute Gasteiger partial charge is 0.262 e.